The standard InChI is InChI=1S/C23H29NO/c1-3-14-23(21-12-7-13-22(18-21)25-2)15-17-24(19-23)16-8-11-20-9-5-4-6-10-20/h4-13,18H,3,14-17,19H2,1-2H3/b11-8+. The quantitative estimate of drug-likeness (QED) is 0.693. The van der Waals surface area contributed by atoms with Crippen molar-refractivity contribution in [3.8, 4) is 5.75 Å². The van der Waals surface area contributed by atoms with Crippen LogP contribution in [0.1, 0.15) is 37.3 Å². The molecule has 2 heteroatoms. The van der Waals surface area contributed by atoms with Crippen molar-refractivity contribution < 1.29 is 4.74 Å². The smallest absolute Gasteiger partial charge is 0.119 e. The molecule has 2 aromatic carbocycles. The van der Waals surface area contributed by atoms with Gasteiger partial charge in [0.25, 0.3) is 0 Å². The van der Waals surface area contributed by atoms with Gasteiger partial charge in [-0.1, -0.05) is 68.0 Å². The molecule has 0 bridgehead atoms. The van der Waals surface area contributed by atoms with Crippen molar-refractivity contribution in [2.45, 2.75) is 31.6 Å². The Labute approximate surface area is 152 Å². The topological polar surface area (TPSA) is 12.5 Å². The van der Waals surface area contributed by atoms with Crippen LogP contribution in [0, 0.1) is 0 Å². The van der Waals surface area contributed by atoms with Crippen LogP contribution in [0.25, 0.3) is 6.08 Å². The largest absolute Gasteiger partial charge is 0.497 e. The first-order valence-corrected chi connectivity index (χ1v) is 9.34. The third kappa shape index (κ3) is 4.32. The van der Waals surface area contributed by atoms with E-state index in [4.69, 9.17) is 4.74 Å². The fraction of sp³-hybridized carbons (Fsp3) is 0.391. The molecule has 2 aromatic rings. The number of likely N-dealkylation sites (tertiary alicyclic amines) is 1. The van der Waals surface area contributed by atoms with Gasteiger partial charge in [0.1, 0.15) is 5.75 Å². The summed E-state index contributed by atoms with van der Waals surface area (Å²) in [5, 5.41) is 0. The summed E-state index contributed by atoms with van der Waals surface area (Å²) in [4.78, 5) is 2.58. The fourth-order valence-electron chi connectivity index (χ4n) is 4.03. The van der Waals surface area contributed by atoms with Crippen LogP contribution in [-0.4, -0.2) is 31.6 Å². The number of rotatable bonds is 7. The first-order valence-electron chi connectivity index (χ1n) is 9.34. The van der Waals surface area contributed by atoms with Gasteiger partial charge < -0.3 is 4.74 Å². The normalized spacial score (nSPS) is 21.0. The maximum absolute atomic E-state index is 5.45. The Kier molecular flexibility index (Phi) is 5.93. The molecule has 25 heavy (non-hydrogen) atoms. The Bertz CT molecular complexity index is 694. The average molecular weight is 335 g/mol. The minimum atomic E-state index is 0.268. The molecule has 0 N–H and O–H groups in total. The molecule has 0 amide bonds. The minimum absolute atomic E-state index is 0.268. The molecule has 0 saturated carbocycles. The van der Waals surface area contributed by atoms with Crippen molar-refractivity contribution >= 4 is 6.08 Å². The van der Waals surface area contributed by atoms with E-state index in [2.05, 4.69) is 72.5 Å². The molecule has 2 nitrogen and oxygen atoms in total. The zero-order valence-corrected chi connectivity index (χ0v) is 15.4. The Hall–Kier alpha value is -2.06. The van der Waals surface area contributed by atoms with Crippen molar-refractivity contribution in [3.63, 3.8) is 0 Å². The monoisotopic (exact) mass is 335 g/mol. The maximum atomic E-state index is 5.45. The first kappa shape index (κ1) is 17.8. The van der Waals surface area contributed by atoms with E-state index in [1.54, 1.807) is 7.11 Å². The number of benzene rings is 2. The highest BCUT2D eigenvalue weighted by Gasteiger charge is 2.38. The Morgan fingerprint density at radius 2 is 1.96 bits per heavy atom. The SMILES string of the molecule is CCCC1(c2cccc(OC)c2)CCN(C/C=C/c2ccccc2)C1. The van der Waals surface area contributed by atoms with E-state index in [-0.39, 0.29) is 5.41 Å². The van der Waals surface area contributed by atoms with Crippen LogP contribution in [-0.2, 0) is 5.41 Å². The summed E-state index contributed by atoms with van der Waals surface area (Å²) in [6.07, 6.45) is 8.20. The molecule has 132 valence electrons. The van der Waals surface area contributed by atoms with Gasteiger partial charge in [-0.2, -0.15) is 0 Å². The van der Waals surface area contributed by atoms with Crippen LogP contribution in [0.3, 0.4) is 0 Å². The lowest BCUT2D eigenvalue weighted by Crippen LogP contribution is -2.31. The lowest BCUT2D eigenvalue weighted by atomic mass is 9.76. The van der Waals surface area contributed by atoms with E-state index in [1.165, 1.54) is 30.4 Å². The summed E-state index contributed by atoms with van der Waals surface area (Å²) >= 11 is 0. The molecule has 0 aromatic heterocycles. The molecule has 1 fully saturated rings. The van der Waals surface area contributed by atoms with E-state index in [0.29, 0.717) is 0 Å². The zero-order chi connectivity index (χ0) is 17.5. The van der Waals surface area contributed by atoms with Crippen LogP contribution in [0.2, 0.25) is 0 Å². The molecule has 0 radical (unpaired) electrons. The van der Waals surface area contributed by atoms with Crippen LogP contribution < -0.4 is 4.74 Å². The molecular formula is C23H29NO. The van der Waals surface area contributed by atoms with Gasteiger partial charge in [-0.25, -0.2) is 0 Å². The number of methoxy groups -OCH3 is 1. The zero-order valence-electron chi connectivity index (χ0n) is 15.4. The van der Waals surface area contributed by atoms with E-state index < -0.39 is 0 Å². The second kappa shape index (κ2) is 8.35. The highest BCUT2D eigenvalue weighted by Crippen LogP contribution is 2.39. The maximum Gasteiger partial charge on any atom is 0.119 e. The summed E-state index contributed by atoms with van der Waals surface area (Å²) in [6.45, 7) is 5.60. The number of nitrogens with zero attached hydrogens (tertiary/aromatic N) is 1. The molecule has 1 unspecified atom stereocenters. The van der Waals surface area contributed by atoms with Crippen molar-refractivity contribution in [2.75, 3.05) is 26.7 Å². The lowest BCUT2D eigenvalue weighted by Gasteiger charge is -2.30. The third-order valence-electron chi connectivity index (χ3n) is 5.32. The number of ether oxygens (including phenoxy) is 1. The highest BCUT2D eigenvalue weighted by molar-refractivity contribution is 5.48. The van der Waals surface area contributed by atoms with Gasteiger partial charge in [0.05, 0.1) is 7.11 Å². The Balaban J connectivity index is 1.69. The van der Waals surface area contributed by atoms with Crippen molar-refractivity contribution in [3.05, 3.63) is 71.8 Å². The summed E-state index contributed by atoms with van der Waals surface area (Å²) in [6, 6.07) is 19.2. The minimum Gasteiger partial charge on any atom is -0.497 e. The molecule has 0 aliphatic carbocycles. The number of hydrogen-bond acceptors (Lipinski definition) is 2. The van der Waals surface area contributed by atoms with Crippen molar-refractivity contribution in [1.29, 1.82) is 0 Å². The molecule has 1 saturated heterocycles. The molecular weight excluding hydrogens is 306 g/mol. The Morgan fingerprint density at radius 1 is 1.12 bits per heavy atom. The van der Waals surface area contributed by atoms with E-state index in [1.807, 2.05) is 6.07 Å². The summed E-state index contributed by atoms with van der Waals surface area (Å²) in [5.41, 5.74) is 2.97. The predicted octanol–water partition coefficient (Wildman–Crippen LogP) is 5.15. The molecule has 1 atom stereocenters. The van der Waals surface area contributed by atoms with Crippen molar-refractivity contribution in [1.82, 2.24) is 4.90 Å². The average Bonchev–Trinajstić information content (AvgIpc) is 3.07. The molecule has 1 aliphatic heterocycles. The van der Waals surface area contributed by atoms with Crippen LogP contribution >= 0.6 is 0 Å². The van der Waals surface area contributed by atoms with Gasteiger partial charge in [-0.15, -0.1) is 0 Å². The Morgan fingerprint density at radius 3 is 2.72 bits per heavy atom. The second-order valence-electron chi connectivity index (χ2n) is 7.06. The van der Waals surface area contributed by atoms with Crippen LogP contribution in [0.15, 0.2) is 60.7 Å². The molecule has 1 aliphatic rings. The van der Waals surface area contributed by atoms with Crippen molar-refractivity contribution in [2.24, 2.45) is 0 Å². The predicted molar refractivity (Wildman–Crippen MR) is 106 cm³/mol. The van der Waals surface area contributed by atoms with Gasteiger partial charge in [0, 0.05) is 18.5 Å². The van der Waals surface area contributed by atoms with E-state index >= 15 is 0 Å². The first-order chi connectivity index (χ1) is 12.3. The highest BCUT2D eigenvalue weighted by atomic mass is 16.5. The van der Waals surface area contributed by atoms with E-state index in [9.17, 15) is 0 Å². The van der Waals surface area contributed by atoms with Gasteiger partial charge in [-0.05, 0) is 42.6 Å². The third-order valence-corrected chi connectivity index (χ3v) is 5.32. The van der Waals surface area contributed by atoms with Gasteiger partial charge >= 0.3 is 0 Å². The lowest BCUT2D eigenvalue weighted by molar-refractivity contribution is 0.326. The summed E-state index contributed by atoms with van der Waals surface area (Å²) in [5.74, 6) is 0.968. The second-order valence-corrected chi connectivity index (χ2v) is 7.06. The fourth-order valence-corrected chi connectivity index (χ4v) is 4.03. The van der Waals surface area contributed by atoms with Gasteiger partial charge in [0.2, 0.25) is 0 Å². The summed E-state index contributed by atoms with van der Waals surface area (Å²) in [7, 11) is 1.75. The van der Waals surface area contributed by atoms with Gasteiger partial charge in [0.15, 0.2) is 0 Å². The van der Waals surface area contributed by atoms with Crippen LogP contribution in [0.4, 0.5) is 0 Å². The molecule has 0 spiro atoms. The van der Waals surface area contributed by atoms with E-state index in [0.717, 1.165) is 25.4 Å². The summed E-state index contributed by atoms with van der Waals surface area (Å²) < 4.78 is 5.45. The number of hydrogen-bond donors (Lipinski definition) is 0. The molecule has 3 rings (SSSR count). The van der Waals surface area contributed by atoms with Gasteiger partial charge in [-0.3, -0.25) is 4.90 Å². The van der Waals surface area contributed by atoms with Crippen LogP contribution in [0.5, 0.6) is 5.75 Å². The molecule has 1 heterocycles.